The maximum absolute atomic E-state index is 9.33. The first-order valence-corrected chi connectivity index (χ1v) is 3.30. The number of aliphatic hydroxyl groups excluding tert-OH is 1. The fourth-order valence-corrected chi connectivity index (χ4v) is 1.05. The highest BCUT2D eigenvalue weighted by Crippen LogP contribution is 2.23. The summed E-state index contributed by atoms with van der Waals surface area (Å²) in [6.45, 7) is 1.95. The minimum atomic E-state index is -1.12. The van der Waals surface area contributed by atoms with Crippen LogP contribution < -0.4 is 5.73 Å². The quantitative estimate of drug-likeness (QED) is 0.420. The average Bonchev–Trinajstić information content (AvgIpc) is 2.10. The maximum atomic E-state index is 9.33. The zero-order chi connectivity index (χ0) is 7.78. The molecule has 0 saturated carbocycles. The van der Waals surface area contributed by atoms with E-state index in [1.165, 1.54) is 6.92 Å². The van der Waals surface area contributed by atoms with Gasteiger partial charge in [0.2, 0.25) is 0 Å². The molecule has 1 aliphatic rings. The van der Waals surface area contributed by atoms with Crippen LogP contribution in [0.25, 0.3) is 0 Å². The van der Waals surface area contributed by atoms with Gasteiger partial charge in [0.1, 0.15) is 11.7 Å². The molecule has 0 aliphatic carbocycles. The van der Waals surface area contributed by atoms with Crippen LogP contribution in [0.15, 0.2) is 0 Å². The van der Waals surface area contributed by atoms with Crippen molar-refractivity contribution in [1.82, 2.24) is 0 Å². The van der Waals surface area contributed by atoms with Gasteiger partial charge in [0.15, 0.2) is 0 Å². The van der Waals surface area contributed by atoms with Gasteiger partial charge < -0.3 is 20.7 Å². The monoisotopic (exact) mass is 147 g/mol. The molecule has 1 saturated heterocycles. The Morgan fingerprint density at radius 2 is 2.40 bits per heavy atom. The molecule has 0 amide bonds. The lowest BCUT2D eigenvalue weighted by Gasteiger charge is -2.20. The summed E-state index contributed by atoms with van der Waals surface area (Å²) in [6.07, 6.45) is -1.26. The molecule has 4 nitrogen and oxygen atoms in total. The first-order valence-electron chi connectivity index (χ1n) is 3.30. The Labute approximate surface area is 59.6 Å². The van der Waals surface area contributed by atoms with Gasteiger partial charge >= 0.3 is 0 Å². The Morgan fingerprint density at radius 1 is 1.80 bits per heavy atom. The van der Waals surface area contributed by atoms with Gasteiger partial charge in [0.05, 0.1) is 12.7 Å². The number of aliphatic hydroxyl groups is 2. The van der Waals surface area contributed by atoms with E-state index in [0.29, 0.717) is 0 Å². The molecule has 1 heterocycles. The lowest BCUT2D eigenvalue weighted by molar-refractivity contribution is -0.0348. The van der Waals surface area contributed by atoms with Gasteiger partial charge in [0, 0.05) is 6.54 Å². The summed E-state index contributed by atoms with van der Waals surface area (Å²) in [5, 5.41) is 18.6. The lowest BCUT2D eigenvalue weighted by Crippen LogP contribution is -2.43. The average molecular weight is 147 g/mol. The van der Waals surface area contributed by atoms with Crippen LogP contribution in [0.4, 0.5) is 0 Å². The van der Waals surface area contributed by atoms with Crippen LogP contribution in [-0.4, -0.2) is 41.2 Å². The van der Waals surface area contributed by atoms with Crippen molar-refractivity contribution in [2.75, 3.05) is 13.2 Å². The van der Waals surface area contributed by atoms with Crippen molar-refractivity contribution in [3.63, 3.8) is 0 Å². The number of nitrogens with two attached hydrogens (primary N) is 1. The van der Waals surface area contributed by atoms with Gasteiger partial charge in [-0.2, -0.15) is 0 Å². The van der Waals surface area contributed by atoms with Gasteiger partial charge in [-0.05, 0) is 6.92 Å². The van der Waals surface area contributed by atoms with Gasteiger partial charge in [0.25, 0.3) is 0 Å². The van der Waals surface area contributed by atoms with E-state index >= 15 is 0 Å². The van der Waals surface area contributed by atoms with Gasteiger partial charge in [-0.3, -0.25) is 0 Å². The number of hydrogen-bond acceptors (Lipinski definition) is 4. The fraction of sp³-hybridized carbons (Fsp3) is 1.00. The van der Waals surface area contributed by atoms with Crippen LogP contribution in [0.2, 0.25) is 0 Å². The first kappa shape index (κ1) is 7.94. The highest BCUT2D eigenvalue weighted by atomic mass is 16.5. The largest absolute Gasteiger partial charge is 0.387 e. The molecule has 0 aromatic carbocycles. The molecule has 1 rings (SSSR count). The van der Waals surface area contributed by atoms with Crippen LogP contribution >= 0.6 is 0 Å². The van der Waals surface area contributed by atoms with E-state index in [0.717, 1.165) is 0 Å². The molecular weight excluding hydrogens is 134 g/mol. The second kappa shape index (κ2) is 2.47. The van der Waals surface area contributed by atoms with Crippen molar-refractivity contribution in [2.45, 2.75) is 24.7 Å². The van der Waals surface area contributed by atoms with E-state index in [1.807, 2.05) is 0 Å². The molecular formula is C6H13NO3. The topological polar surface area (TPSA) is 75.7 Å². The van der Waals surface area contributed by atoms with Crippen molar-refractivity contribution in [1.29, 1.82) is 0 Å². The SMILES string of the molecule is C[C@@]1(O)COC(CN)[C@H]1O. The third-order valence-corrected chi connectivity index (χ3v) is 1.81. The van der Waals surface area contributed by atoms with E-state index in [9.17, 15) is 10.2 Å². The van der Waals surface area contributed by atoms with E-state index < -0.39 is 17.8 Å². The molecule has 0 radical (unpaired) electrons. The molecule has 10 heavy (non-hydrogen) atoms. The standard InChI is InChI=1S/C6H13NO3/c1-6(9)3-10-4(2-7)5(6)8/h4-5,8-9H,2-3,7H2,1H3/t4?,5-,6-/m1/s1. The van der Waals surface area contributed by atoms with Crippen LogP contribution in [0.1, 0.15) is 6.92 Å². The van der Waals surface area contributed by atoms with Crippen LogP contribution in [0, 0.1) is 0 Å². The van der Waals surface area contributed by atoms with E-state index in [-0.39, 0.29) is 13.2 Å². The Hall–Kier alpha value is -0.160. The zero-order valence-electron chi connectivity index (χ0n) is 5.95. The summed E-state index contributed by atoms with van der Waals surface area (Å²) in [5.74, 6) is 0. The highest BCUT2D eigenvalue weighted by molar-refractivity contribution is 4.93. The Kier molecular flexibility index (Phi) is 1.96. The molecule has 1 unspecified atom stereocenters. The number of ether oxygens (including phenoxy) is 1. The van der Waals surface area contributed by atoms with E-state index in [2.05, 4.69) is 0 Å². The summed E-state index contributed by atoms with van der Waals surface area (Å²) in [4.78, 5) is 0. The molecule has 3 atom stereocenters. The highest BCUT2D eigenvalue weighted by Gasteiger charge is 2.43. The normalized spacial score (nSPS) is 48.0. The summed E-state index contributed by atoms with van der Waals surface area (Å²) in [6, 6.07) is 0. The number of hydrogen-bond donors (Lipinski definition) is 3. The zero-order valence-corrected chi connectivity index (χ0v) is 5.95. The molecule has 1 aliphatic heterocycles. The summed E-state index contributed by atoms with van der Waals surface area (Å²) in [5.41, 5.74) is 4.13. The van der Waals surface area contributed by atoms with Crippen LogP contribution in [0.5, 0.6) is 0 Å². The molecule has 4 N–H and O–H groups in total. The third kappa shape index (κ3) is 1.15. The molecule has 0 spiro atoms. The van der Waals surface area contributed by atoms with E-state index in [4.69, 9.17) is 10.5 Å². The molecule has 4 heteroatoms. The minimum absolute atomic E-state index is 0.163. The predicted molar refractivity (Wildman–Crippen MR) is 35.4 cm³/mol. The molecule has 0 bridgehead atoms. The van der Waals surface area contributed by atoms with E-state index in [1.54, 1.807) is 0 Å². The van der Waals surface area contributed by atoms with Crippen molar-refractivity contribution in [2.24, 2.45) is 5.73 Å². The molecule has 0 aromatic heterocycles. The molecule has 0 aromatic rings. The number of rotatable bonds is 1. The predicted octanol–water partition coefficient (Wildman–Crippen LogP) is -1.54. The van der Waals surface area contributed by atoms with Gasteiger partial charge in [-0.1, -0.05) is 0 Å². The van der Waals surface area contributed by atoms with Crippen molar-refractivity contribution >= 4 is 0 Å². The van der Waals surface area contributed by atoms with Crippen molar-refractivity contribution < 1.29 is 14.9 Å². The Bertz CT molecular complexity index is 126. The fourth-order valence-electron chi connectivity index (χ4n) is 1.05. The lowest BCUT2D eigenvalue weighted by atomic mass is 9.99. The Morgan fingerprint density at radius 3 is 2.60 bits per heavy atom. The summed E-state index contributed by atoms with van der Waals surface area (Å²) < 4.78 is 5.00. The van der Waals surface area contributed by atoms with Gasteiger partial charge in [-0.25, -0.2) is 0 Å². The molecule has 60 valence electrons. The van der Waals surface area contributed by atoms with Gasteiger partial charge in [-0.15, -0.1) is 0 Å². The second-order valence-corrected chi connectivity index (χ2v) is 2.89. The third-order valence-electron chi connectivity index (χ3n) is 1.81. The maximum Gasteiger partial charge on any atom is 0.113 e. The summed E-state index contributed by atoms with van der Waals surface area (Å²) >= 11 is 0. The van der Waals surface area contributed by atoms with Crippen LogP contribution in [0.3, 0.4) is 0 Å². The van der Waals surface area contributed by atoms with Crippen LogP contribution in [-0.2, 0) is 4.74 Å². The van der Waals surface area contributed by atoms with Crippen molar-refractivity contribution in [3.8, 4) is 0 Å². The first-order chi connectivity index (χ1) is 4.58. The second-order valence-electron chi connectivity index (χ2n) is 2.89. The minimum Gasteiger partial charge on any atom is -0.387 e. The summed E-state index contributed by atoms with van der Waals surface area (Å²) in [7, 11) is 0. The Balaban J connectivity index is 2.58. The smallest absolute Gasteiger partial charge is 0.113 e. The molecule has 1 fully saturated rings. The van der Waals surface area contributed by atoms with Crippen molar-refractivity contribution in [3.05, 3.63) is 0 Å².